The van der Waals surface area contributed by atoms with Gasteiger partial charge in [-0.1, -0.05) is 140 Å². The maximum atomic E-state index is 6.94. The summed E-state index contributed by atoms with van der Waals surface area (Å²) in [5, 5.41) is 4.59. The van der Waals surface area contributed by atoms with E-state index in [4.69, 9.17) is 19.4 Å². The van der Waals surface area contributed by atoms with E-state index in [1.54, 1.807) is 0 Å². The van der Waals surface area contributed by atoms with Gasteiger partial charge in [-0.05, 0) is 35.4 Å². The lowest BCUT2D eigenvalue weighted by Gasteiger charge is -2.09. The van der Waals surface area contributed by atoms with Crippen LogP contribution in [0, 0.1) is 0 Å². The minimum atomic E-state index is 0.571. The van der Waals surface area contributed by atoms with Crippen LogP contribution in [0.3, 0.4) is 0 Å². The van der Waals surface area contributed by atoms with Crippen molar-refractivity contribution in [1.29, 1.82) is 0 Å². The highest BCUT2D eigenvalue weighted by atomic mass is 32.1. The quantitative estimate of drug-likeness (QED) is 0.185. The minimum absolute atomic E-state index is 0.571. The van der Waals surface area contributed by atoms with E-state index in [-0.39, 0.29) is 0 Å². The van der Waals surface area contributed by atoms with Crippen molar-refractivity contribution in [2.24, 2.45) is 0 Å². The van der Waals surface area contributed by atoms with E-state index < -0.39 is 0 Å². The second kappa shape index (κ2) is 11.6. The Labute approximate surface area is 292 Å². The lowest BCUT2D eigenvalue weighted by Crippen LogP contribution is -2.00. The molecule has 4 nitrogen and oxygen atoms in total. The molecule has 0 bridgehead atoms. The van der Waals surface area contributed by atoms with E-state index >= 15 is 0 Å². The molecule has 7 aromatic carbocycles. The third-order valence-corrected chi connectivity index (χ3v) is 10.6. The van der Waals surface area contributed by atoms with Crippen molar-refractivity contribution in [2.45, 2.75) is 0 Å². The average molecular weight is 658 g/mol. The second-order valence-corrected chi connectivity index (χ2v) is 13.4. The highest BCUT2D eigenvalue weighted by Crippen LogP contribution is 2.45. The smallest absolute Gasteiger partial charge is 0.167 e. The topological polar surface area (TPSA) is 51.8 Å². The maximum Gasteiger partial charge on any atom is 0.167 e. The van der Waals surface area contributed by atoms with Crippen LogP contribution in [-0.4, -0.2) is 15.0 Å². The molecule has 0 radical (unpaired) electrons. The predicted molar refractivity (Wildman–Crippen MR) is 207 cm³/mol. The number of rotatable bonds is 5. The van der Waals surface area contributed by atoms with E-state index in [9.17, 15) is 0 Å². The molecule has 0 saturated carbocycles. The molecule has 0 aliphatic rings. The zero-order valence-electron chi connectivity index (χ0n) is 26.7. The molecule has 0 unspecified atom stereocenters. The van der Waals surface area contributed by atoms with Crippen molar-refractivity contribution in [3.05, 3.63) is 164 Å². The second-order valence-electron chi connectivity index (χ2n) is 12.4. The molecule has 0 saturated heterocycles. The molecule has 10 aromatic rings. The van der Waals surface area contributed by atoms with Crippen LogP contribution in [0.4, 0.5) is 0 Å². The number of fused-ring (bicyclic) bond motifs is 6. The zero-order valence-corrected chi connectivity index (χ0v) is 27.6. The van der Waals surface area contributed by atoms with E-state index in [1.807, 2.05) is 78.1 Å². The van der Waals surface area contributed by atoms with Crippen molar-refractivity contribution in [1.82, 2.24) is 15.0 Å². The Kier molecular flexibility index (Phi) is 6.64. The molecular weight excluding hydrogens is 631 g/mol. The molecule has 0 aliphatic heterocycles. The Bertz CT molecular complexity index is 2800. The molecule has 3 aromatic heterocycles. The molecule has 50 heavy (non-hydrogen) atoms. The van der Waals surface area contributed by atoms with Gasteiger partial charge in [0.1, 0.15) is 11.2 Å². The van der Waals surface area contributed by atoms with Gasteiger partial charge in [-0.3, -0.25) is 0 Å². The normalized spacial score (nSPS) is 11.6. The summed E-state index contributed by atoms with van der Waals surface area (Å²) < 4.78 is 9.52. The molecule has 234 valence electrons. The number of hydrogen-bond acceptors (Lipinski definition) is 5. The van der Waals surface area contributed by atoms with Gasteiger partial charge in [0.15, 0.2) is 17.5 Å². The summed E-state index contributed by atoms with van der Waals surface area (Å²) in [6.07, 6.45) is 0. The van der Waals surface area contributed by atoms with Crippen molar-refractivity contribution < 1.29 is 4.42 Å². The van der Waals surface area contributed by atoms with Crippen LogP contribution in [0.15, 0.2) is 168 Å². The van der Waals surface area contributed by atoms with Crippen LogP contribution in [0.1, 0.15) is 0 Å². The molecular formula is C45H27N3OS. The van der Waals surface area contributed by atoms with Crippen LogP contribution in [0.5, 0.6) is 0 Å². The van der Waals surface area contributed by atoms with Crippen LogP contribution >= 0.6 is 11.3 Å². The lowest BCUT2D eigenvalue weighted by molar-refractivity contribution is 0.670. The number of furan rings is 1. The molecule has 10 rings (SSSR count). The highest BCUT2D eigenvalue weighted by molar-refractivity contribution is 7.26. The first-order chi connectivity index (χ1) is 24.8. The number of nitrogens with zero attached hydrogens (tertiary/aromatic N) is 3. The fourth-order valence-electron chi connectivity index (χ4n) is 6.97. The third kappa shape index (κ3) is 4.71. The van der Waals surface area contributed by atoms with Gasteiger partial charge < -0.3 is 4.42 Å². The first-order valence-electron chi connectivity index (χ1n) is 16.6. The molecule has 0 N–H and O–H groups in total. The fraction of sp³-hybridized carbons (Fsp3) is 0. The zero-order chi connectivity index (χ0) is 33.0. The monoisotopic (exact) mass is 657 g/mol. The number of aromatic nitrogens is 3. The van der Waals surface area contributed by atoms with Crippen molar-refractivity contribution in [3.8, 4) is 56.4 Å². The SMILES string of the molecule is c1ccc(-c2nc(-c3ccccc3)nc(-c3cccc4c3oc3c(-c5cc(-c6ccccc6)c6sc7ccccc7c6c5)cccc34)n2)cc1. The number of thiophene rings is 1. The van der Waals surface area contributed by atoms with E-state index in [1.165, 1.54) is 31.3 Å². The summed E-state index contributed by atoms with van der Waals surface area (Å²) in [7, 11) is 0. The average Bonchev–Trinajstić information content (AvgIpc) is 3.77. The van der Waals surface area contributed by atoms with Gasteiger partial charge in [-0.25, -0.2) is 15.0 Å². The molecule has 5 heteroatoms. The summed E-state index contributed by atoms with van der Waals surface area (Å²) in [6.45, 7) is 0. The maximum absolute atomic E-state index is 6.94. The summed E-state index contributed by atoms with van der Waals surface area (Å²) in [5.41, 5.74) is 8.86. The minimum Gasteiger partial charge on any atom is -0.455 e. The Hall–Kier alpha value is -6.43. The van der Waals surface area contributed by atoms with E-state index in [0.717, 1.165) is 49.8 Å². The molecule has 0 fully saturated rings. The van der Waals surface area contributed by atoms with Crippen molar-refractivity contribution in [2.75, 3.05) is 0 Å². The van der Waals surface area contributed by atoms with Gasteiger partial charge in [0.05, 0.1) is 5.56 Å². The van der Waals surface area contributed by atoms with Gasteiger partial charge in [0.25, 0.3) is 0 Å². The first kappa shape index (κ1) is 28.6. The number of para-hydroxylation sites is 2. The molecule has 0 amide bonds. The van der Waals surface area contributed by atoms with Crippen LogP contribution in [0.25, 0.3) is 98.5 Å². The Balaban J connectivity index is 1.21. The molecule has 3 heterocycles. The third-order valence-electron chi connectivity index (χ3n) is 9.34. The largest absolute Gasteiger partial charge is 0.455 e. The number of benzene rings is 7. The Morgan fingerprint density at radius 2 is 0.880 bits per heavy atom. The summed E-state index contributed by atoms with van der Waals surface area (Å²) in [4.78, 5) is 14.9. The van der Waals surface area contributed by atoms with Gasteiger partial charge in [-0.2, -0.15) is 0 Å². The van der Waals surface area contributed by atoms with Gasteiger partial charge in [0, 0.05) is 53.2 Å². The van der Waals surface area contributed by atoms with E-state index in [0.29, 0.717) is 17.5 Å². The molecule has 0 spiro atoms. The van der Waals surface area contributed by atoms with Gasteiger partial charge in [-0.15, -0.1) is 11.3 Å². The van der Waals surface area contributed by atoms with Crippen molar-refractivity contribution in [3.63, 3.8) is 0 Å². The summed E-state index contributed by atoms with van der Waals surface area (Å²) in [6, 6.07) is 56.8. The fourth-order valence-corrected chi connectivity index (χ4v) is 8.19. The predicted octanol–water partition coefficient (Wildman–Crippen LogP) is 12.5. The molecule has 0 aliphatic carbocycles. The Morgan fingerprint density at radius 3 is 1.54 bits per heavy atom. The Morgan fingerprint density at radius 1 is 0.360 bits per heavy atom. The van der Waals surface area contributed by atoms with Crippen LogP contribution < -0.4 is 0 Å². The van der Waals surface area contributed by atoms with Crippen LogP contribution in [0.2, 0.25) is 0 Å². The number of hydrogen-bond donors (Lipinski definition) is 0. The standard InChI is InChI=1S/C45H27N3OS/c1-4-14-28(15-5-1)37-26-31(27-38-33-20-10-11-25-39(33)50-42(37)38)32-21-12-22-34-35-23-13-24-36(41(35)49-40(32)34)45-47-43(29-16-6-2-7-17-29)46-44(48-45)30-18-8-3-9-19-30/h1-27H. The van der Waals surface area contributed by atoms with Crippen molar-refractivity contribution >= 4 is 53.4 Å². The van der Waals surface area contributed by atoms with Gasteiger partial charge in [0.2, 0.25) is 0 Å². The summed E-state index contributed by atoms with van der Waals surface area (Å²) in [5.74, 6) is 1.81. The molecule has 0 atom stereocenters. The highest BCUT2D eigenvalue weighted by Gasteiger charge is 2.20. The summed E-state index contributed by atoms with van der Waals surface area (Å²) >= 11 is 1.85. The lowest BCUT2D eigenvalue weighted by atomic mass is 9.95. The van der Waals surface area contributed by atoms with E-state index in [2.05, 4.69) is 97.1 Å². The van der Waals surface area contributed by atoms with Crippen LogP contribution in [-0.2, 0) is 0 Å². The van der Waals surface area contributed by atoms with Gasteiger partial charge >= 0.3 is 0 Å². The first-order valence-corrected chi connectivity index (χ1v) is 17.4.